The van der Waals surface area contributed by atoms with Crippen LogP contribution in [-0.4, -0.2) is 24.9 Å². The Morgan fingerprint density at radius 3 is 2.79 bits per heavy atom. The van der Waals surface area contributed by atoms with Gasteiger partial charge in [-0.15, -0.1) is 0 Å². The van der Waals surface area contributed by atoms with Gasteiger partial charge in [-0.25, -0.2) is 4.79 Å². The van der Waals surface area contributed by atoms with Crippen LogP contribution >= 0.6 is 45.8 Å². The van der Waals surface area contributed by atoms with Crippen molar-refractivity contribution in [2.75, 3.05) is 11.9 Å². The third kappa shape index (κ3) is 4.81. The number of halogens is 3. The van der Waals surface area contributed by atoms with E-state index in [1.54, 1.807) is 19.1 Å². The number of nitrogens with one attached hydrogen (secondary N) is 1. The summed E-state index contributed by atoms with van der Waals surface area (Å²) in [5.74, 6) is -0.485. The number of aldehydes is 1. The lowest BCUT2D eigenvalue weighted by Gasteiger charge is -2.18. The molecule has 0 spiro atoms. The quantitative estimate of drug-likeness (QED) is 0.334. The molecule has 104 valence electrons. The Morgan fingerprint density at radius 1 is 1.53 bits per heavy atom. The van der Waals surface area contributed by atoms with Gasteiger partial charge in [0, 0.05) is 11.4 Å². The fraction of sp³-hybridized carbons (Fsp3) is 0.333. The summed E-state index contributed by atoms with van der Waals surface area (Å²) >= 11 is 13.9. The van der Waals surface area contributed by atoms with E-state index in [1.165, 1.54) is 0 Å². The first-order chi connectivity index (χ1) is 8.99. The first kappa shape index (κ1) is 16.5. The Bertz CT molecular complexity index is 482. The highest BCUT2D eigenvalue weighted by Crippen LogP contribution is 2.31. The average Bonchev–Trinajstić information content (AvgIpc) is 2.35. The molecule has 0 saturated heterocycles. The molecule has 0 radical (unpaired) electrons. The lowest BCUT2D eigenvalue weighted by atomic mass is 10.2. The van der Waals surface area contributed by atoms with Gasteiger partial charge in [-0.1, -0.05) is 23.2 Å². The summed E-state index contributed by atoms with van der Waals surface area (Å²) in [6.45, 7) is 1.96. The van der Waals surface area contributed by atoms with Crippen molar-refractivity contribution >= 4 is 63.7 Å². The maximum Gasteiger partial charge on any atom is 0.328 e. The summed E-state index contributed by atoms with van der Waals surface area (Å²) in [5.41, 5.74) is 0.595. The fourth-order valence-corrected chi connectivity index (χ4v) is 2.36. The summed E-state index contributed by atoms with van der Waals surface area (Å²) in [6, 6.07) is 2.50. The first-order valence-corrected chi connectivity index (χ1v) is 7.34. The molecule has 0 amide bonds. The number of ether oxygens (including phenoxy) is 1. The molecule has 1 aromatic rings. The van der Waals surface area contributed by atoms with E-state index in [1.807, 2.05) is 22.6 Å². The Morgan fingerprint density at radius 2 is 2.21 bits per heavy atom. The molecule has 0 aliphatic heterocycles. The maximum absolute atomic E-state index is 11.7. The van der Waals surface area contributed by atoms with Crippen molar-refractivity contribution < 1.29 is 14.3 Å². The van der Waals surface area contributed by atoms with Crippen molar-refractivity contribution in [2.45, 2.75) is 19.4 Å². The van der Waals surface area contributed by atoms with Crippen molar-refractivity contribution in [2.24, 2.45) is 0 Å². The van der Waals surface area contributed by atoms with Crippen molar-refractivity contribution in [1.82, 2.24) is 0 Å². The third-order valence-electron chi connectivity index (χ3n) is 2.23. The molecule has 4 nitrogen and oxygen atoms in total. The van der Waals surface area contributed by atoms with Gasteiger partial charge in [0.25, 0.3) is 0 Å². The molecule has 7 heteroatoms. The molecule has 1 rings (SSSR count). The van der Waals surface area contributed by atoms with Crippen molar-refractivity contribution in [3.05, 3.63) is 25.7 Å². The Labute approximate surface area is 134 Å². The van der Waals surface area contributed by atoms with Gasteiger partial charge in [-0.3, -0.25) is 0 Å². The van der Waals surface area contributed by atoms with Crippen LogP contribution in [-0.2, 0) is 14.3 Å². The predicted molar refractivity (Wildman–Crippen MR) is 83.9 cm³/mol. The normalized spacial score (nSPS) is 11.8. The molecule has 0 fully saturated rings. The molecule has 1 unspecified atom stereocenters. The number of hydrogen-bond acceptors (Lipinski definition) is 4. The number of hydrogen-bond donors (Lipinski definition) is 1. The van der Waals surface area contributed by atoms with Gasteiger partial charge < -0.3 is 14.8 Å². The van der Waals surface area contributed by atoms with Crippen LogP contribution in [0.25, 0.3) is 0 Å². The zero-order valence-electron chi connectivity index (χ0n) is 10.1. The number of anilines is 1. The van der Waals surface area contributed by atoms with Crippen LogP contribution in [0.5, 0.6) is 0 Å². The van der Waals surface area contributed by atoms with Crippen LogP contribution in [0.1, 0.15) is 13.3 Å². The predicted octanol–water partition coefficient (Wildman–Crippen LogP) is 3.53. The van der Waals surface area contributed by atoms with Gasteiger partial charge in [0.1, 0.15) is 12.3 Å². The zero-order chi connectivity index (χ0) is 14.4. The fourth-order valence-electron chi connectivity index (χ4n) is 1.40. The Balaban J connectivity index is 2.96. The minimum Gasteiger partial charge on any atom is -0.464 e. The van der Waals surface area contributed by atoms with Crippen LogP contribution in [0.2, 0.25) is 10.0 Å². The van der Waals surface area contributed by atoms with Crippen LogP contribution in [0, 0.1) is 3.57 Å². The second kappa shape index (κ2) is 7.91. The van der Waals surface area contributed by atoms with E-state index in [0.29, 0.717) is 22.0 Å². The standard InChI is InChI=1S/C12H12Cl2INO3/c1-2-19-12(18)9(3-4-17)16-10-6-7(13)5-8(14)11(10)15/h4-6,9,16H,2-3H2,1H3. The van der Waals surface area contributed by atoms with Crippen molar-refractivity contribution in [3.8, 4) is 0 Å². The molecule has 1 aromatic carbocycles. The smallest absolute Gasteiger partial charge is 0.328 e. The van der Waals surface area contributed by atoms with E-state index in [9.17, 15) is 9.59 Å². The van der Waals surface area contributed by atoms with Crippen LogP contribution in [0.3, 0.4) is 0 Å². The van der Waals surface area contributed by atoms with E-state index >= 15 is 0 Å². The molecule has 0 heterocycles. The minimum atomic E-state index is -0.750. The van der Waals surface area contributed by atoms with E-state index in [-0.39, 0.29) is 13.0 Å². The molecule has 19 heavy (non-hydrogen) atoms. The number of carbonyl (C=O) groups is 2. The van der Waals surface area contributed by atoms with Crippen molar-refractivity contribution in [3.63, 3.8) is 0 Å². The lowest BCUT2D eigenvalue weighted by molar-refractivity contribution is -0.144. The highest BCUT2D eigenvalue weighted by Gasteiger charge is 2.20. The summed E-state index contributed by atoms with van der Waals surface area (Å²) in [5, 5.41) is 3.85. The van der Waals surface area contributed by atoms with E-state index in [0.717, 1.165) is 3.57 Å². The molecule has 0 bridgehead atoms. The number of rotatable bonds is 6. The van der Waals surface area contributed by atoms with Gasteiger partial charge in [-0.05, 0) is 41.6 Å². The highest BCUT2D eigenvalue weighted by molar-refractivity contribution is 14.1. The molecule has 1 atom stereocenters. The molecular formula is C12H12Cl2INO3. The van der Waals surface area contributed by atoms with Crippen molar-refractivity contribution in [1.29, 1.82) is 0 Å². The van der Waals surface area contributed by atoms with Gasteiger partial charge in [-0.2, -0.15) is 0 Å². The SMILES string of the molecule is CCOC(=O)C(CC=O)Nc1cc(Cl)cc(Cl)c1I. The first-order valence-electron chi connectivity index (χ1n) is 5.51. The van der Waals surface area contributed by atoms with Crippen LogP contribution in [0.4, 0.5) is 5.69 Å². The lowest BCUT2D eigenvalue weighted by Crippen LogP contribution is -2.32. The number of benzene rings is 1. The van der Waals surface area contributed by atoms with E-state index in [2.05, 4.69) is 5.32 Å². The van der Waals surface area contributed by atoms with E-state index < -0.39 is 12.0 Å². The zero-order valence-corrected chi connectivity index (χ0v) is 13.8. The summed E-state index contributed by atoms with van der Waals surface area (Å²) in [4.78, 5) is 22.3. The van der Waals surface area contributed by atoms with Gasteiger partial charge in [0.2, 0.25) is 0 Å². The summed E-state index contributed by atoms with van der Waals surface area (Å²) < 4.78 is 5.63. The molecule has 0 aliphatic carbocycles. The van der Waals surface area contributed by atoms with Gasteiger partial charge >= 0.3 is 5.97 Å². The third-order valence-corrected chi connectivity index (χ3v) is 4.22. The monoisotopic (exact) mass is 415 g/mol. The molecule has 0 aliphatic rings. The molecule has 0 saturated carbocycles. The second-order valence-electron chi connectivity index (χ2n) is 3.60. The topological polar surface area (TPSA) is 55.4 Å². The highest BCUT2D eigenvalue weighted by atomic mass is 127. The second-order valence-corrected chi connectivity index (χ2v) is 5.52. The number of esters is 1. The molecule has 1 N–H and O–H groups in total. The van der Waals surface area contributed by atoms with E-state index in [4.69, 9.17) is 27.9 Å². The largest absolute Gasteiger partial charge is 0.464 e. The molecular weight excluding hydrogens is 404 g/mol. The van der Waals surface area contributed by atoms with Crippen LogP contribution < -0.4 is 5.32 Å². The Kier molecular flexibility index (Phi) is 6.88. The summed E-state index contributed by atoms with van der Waals surface area (Å²) in [6.07, 6.45) is 0.673. The summed E-state index contributed by atoms with van der Waals surface area (Å²) in [7, 11) is 0. The number of carbonyl (C=O) groups excluding carboxylic acids is 2. The average molecular weight is 416 g/mol. The van der Waals surface area contributed by atoms with Gasteiger partial charge in [0.15, 0.2) is 0 Å². The minimum absolute atomic E-state index is 0.0129. The van der Waals surface area contributed by atoms with Gasteiger partial charge in [0.05, 0.1) is 20.9 Å². The van der Waals surface area contributed by atoms with Crippen LogP contribution in [0.15, 0.2) is 12.1 Å². The Hall–Kier alpha value is -0.530. The molecule has 0 aromatic heterocycles. The maximum atomic E-state index is 11.7.